The second-order valence-electron chi connectivity index (χ2n) is 3.71. The molecule has 0 radical (unpaired) electrons. The van der Waals surface area contributed by atoms with Crippen LogP contribution in [0, 0.1) is 17.5 Å². The Kier molecular flexibility index (Phi) is 3.77. The van der Waals surface area contributed by atoms with Crippen molar-refractivity contribution in [3.05, 3.63) is 64.4 Å². The van der Waals surface area contributed by atoms with Gasteiger partial charge in [0, 0.05) is 17.1 Å². The first kappa shape index (κ1) is 12.8. The fourth-order valence-electron chi connectivity index (χ4n) is 1.49. The third-order valence-electron chi connectivity index (χ3n) is 2.41. The molecule has 0 amide bonds. The first-order valence-electron chi connectivity index (χ1n) is 5.19. The molecule has 18 heavy (non-hydrogen) atoms. The summed E-state index contributed by atoms with van der Waals surface area (Å²) in [6.45, 7) is 0.0450. The van der Waals surface area contributed by atoms with Crippen LogP contribution in [-0.4, -0.2) is 0 Å². The molecule has 2 aromatic carbocycles. The van der Waals surface area contributed by atoms with Crippen LogP contribution in [0.5, 0.6) is 0 Å². The van der Waals surface area contributed by atoms with Crippen molar-refractivity contribution in [1.82, 2.24) is 0 Å². The van der Waals surface area contributed by atoms with Crippen molar-refractivity contribution in [1.29, 1.82) is 0 Å². The van der Waals surface area contributed by atoms with Crippen molar-refractivity contribution in [2.75, 3.05) is 5.32 Å². The molecule has 0 atom stereocenters. The molecule has 94 valence electrons. The van der Waals surface area contributed by atoms with Crippen molar-refractivity contribution in [3.63, 3.8) is 0 Å². The van der Waals surface area contributed by atoms with Crippen LogP contribution in [0.4, 0.5) is 18.9 Å². The number of rotatable bonds is 3. The van der Waals surface area contributed by atoms with E-state index in [0.29, 0.717) is 5.56 Å². The molecule has 0 fully saturated rings. The summed E-state index contributed by atoms with van der Waals surface area (Å²) >= 11 is 5.61. The topological polar surface area (TPSA) is 12.0 Å². The van der Waals surface area contributed by atoms with E-state index >= 15 is 0 Å². The highest BCUT2D eigenvalue weighted by Crippen LogP contribution is 2.19. The molecule has 2 aromatic rings. The SMILES string of the molecule is Fc1ccc(F)c(NCc2ccc(Cl)cc2F)c1. The Morgan fingerprint density at radius 2 is 1.72 bits per heavy atom. The zero-order valence-corrected chi connectivity index (χ0v) is 9.94. The van der Waals surface area contributed by atoms with E-state index in [-0.39, 0.29) is 17.3 Å². The van der Waals surface area contributed by atoms with Gasteiger partial charge in [0.05, 0.1) is 5.69 Å². The number of hydrogen-bond acceptors (Lipinski definition) is 1. The highest BCUT2D eigenvalue weighted by molar-refractivity contribution is 6.30. The van der Waals surface area contributed by atoms with Gasteiger partial charge in [-0.15, -0.1) is 0 Å². The molecule has 0 heterocycles. The van der Waals surface area contributed by atoms with Crippen LogP contribution in [0.25, 0.3) is 0 Å². The molecule has 0 aromatic heterocycles. The quantitative estimate of drug-likeness (QED) is 0.874. The lowest BCUT2D eigenvalue weighted by atomic mass is 10.2. The van der Waals surface area contributed by atoms with E-state index < -0.39 is 17.5 Å². The standard InChI is InChI=1S/C13H9ClF3N/c14-9-2-1-8(12(17)5-9)7-18-13-6-10(15)3-4-11(13)16/h1-6,18H,7H2. The van der Waals surface area contributed by atoms with Gasteiger partial charge in [0.2, 0.25) is 0 Å². The van der Waals surface area contributed by atoms with Crippen molar-refractivity contribution in [3.8, 4) is 0 Å². The van der Waals surface area contributed by atoms with Gasteiger partial charge in [-0.1, -0.05) is 17.7 Å². The lowest BCUT2D eigenvalue weighted by Gasteiger charge is -2.08. The Hall–Kier alpha value is -1.68. The van der Waals surface area contributed by atoms with Crippen molar-refractivity contribution in [2.24, 2.45) is 0 Å². The molecule has 0 bridgehead atoms. The summed E-state index contributed by atoms with van der Waals surface area (Å²) < 4.78 is 39.6. The normalized spacial score (nSPS) is 10.4. The molecular weight excluding hydrogens is 263 g/mol. The largest absolute Gasteiger partial charge is 0.378 e. The van der Waals surface area contributed by atoms with Crippen molar-refractivity contribution in [2.45, 2.75) is 6.54 Å². The minimum atomic E-state index is -0.592. The van der Waals surface area contributed by atoms with E-state index in [1.807, 2.05) is 0 Å². The van der Waals surface area contributed by atoms with Gasteiger partial charge in [-0.3, -0.25) is 0 Å². The van der Waals surface area contributed by atoms with Crippen LogP contribution in [0.15, 0.2) is 36.4 Å². The third-order valence-corrected chi connectivity index (χ3v) is 2.65. The molecule has 0 spiro atoms. The molecule has 5 heteroatoms. The summed E-state index contributed by atoms with van der Waals surface area (Å²) in [4.78, 5) is 0. The highest BCUT2D eigenvalue weighted by Gasteiger charge is 2.06. The van der Waals surface area contributed by atoms with Crippen LogP contribution in [0.3, 0.4) is 0 Å². The average molecular weight is 272 g/mol. The van der Waals surface area contributed by atoms with E-state index in [2.05, 4.69) is 5.32 Å². The minimum Gasteiger partial charge on any atom is -0.378 e. The van der Waals surface area contributed by atoms with Gasteiger partial charge >= 0.3 is 0 Å². The van der Waals surface area contributed by atoms with Crippen LogP contribution in [-0.2, 0) is 6.54 Å². The summed E-state index contributed by atoms with van der Waals surface area (Å²) in [5, 5.41) is 2.92. The smallest absolute Gasteiger partial charge is 0.146 e. The van der Waals surface area contributed by atoms with Gasteiger partial charge in [-0.25, -0.2) is 13.2 Å². The molecule has 0 aliphatic carbocycles. The zero-order valence-electron chi connectivity index (χ0n) is 9.18. The van der Waals surface area contributed by atoms with Crippen LogP contribution >= 0.6 is 11.6 Å². The fraction of sp³-hybridized carbons (Fsp3) is 0.0769. The second kappa shape index (κ2) is 5.31. The number of hydrogen-bond donors (Lipinski definition) is 1. The number of anilines is 1. The van der Waals surface area contributed by atoms with E-state index in [1.165, 1.54) is 18.2 Å². The molecule has 0 unspecified atom stereocenters. The zero-order chi connectivity index (χ0) is 13.1. The molecule has 0 aliphatic heterocycles. The Morgan fingerprint density at radius 1 is 0.944 bits per heavy atom. The van der Waals surface area contributed by atoms with Gasteiger partial charge in [0.15, 0.2) is 0 Å². The maximum atomic E-state index is 13.4. The number of halogens is 4. The molecule has 0 aliphatic rings. The molecule has 1 N–H and O–H groups in total. The Morgan fingerprint density at radius 3 is 2.44 bits per heavy atom. The van der Waals surface area contributed by atoms with E-state index in [0.717, 1.165) is 18.2 Å². The first-order valence-corrected chi connectivity index (χ1v) is 5.57. The molecular formula is C13H9ClF3N. The van der Waals surface area contributed by atoms with E-state index in [1.54, 1.807) is 0 Å². The summed E-state index contributed by atoms with van der Waals surface area (Å²) in [5.41, 5.74) is 0.312. The fourth-order valence-corrected chi connectivity index (χ4v) is 1.65. The molecule has 1 nitrogen and oxygen atoms in total. The van der Waals surface area contributed by atoms with Gasteiger partial charge in [0.1, 0.15) is 17.5 Å². The summed E-state index contributed by atoms with van der Waals surface area (Å²) in [6.07, 6.45) is 0. The van der Waals surface area contributed by atoms with Gasteiger partial charge < -0.3 is 5.32 Å². The second-order valence-corrected chi connectivity index (χ2v) is 4.15. The molecule has 2 rings (SSSR count). The molecule has 0 saturated carbocycles. The van der Waals surface area contributed by atoms with Gasteiger partial charge in [-0.05, 0) is 30.3 Å². The predicted molar refractivity (Wildman–Crippen MR) is 65.1 cm³/mol. The van der Waals surface area contributed by atoms with E-state index in [9.17, 15) is 13.2 Å². The average Bonchev–Trinajstić information content (AvgIpc) is 2.32. The van der Waals surface area contributed by atoms with Gasteiger partial charge in [-0.2, -0.15) is 0 Å². The summed E-state index contributed by atoms with van der Waals surface area (Å²) in [5.74, 6) is -1.65. The Balaban J connectivity index is 2.13. The maximum absolute atomic E-state index is 13.4. The highest BCUT2D eigenvalue weighted by atomic mass is 35.5. The third kappa shape index (κ3) is 2.96. The Labute approximate surface area is 107 Å². The van der Waals surface area contributed by atoms with Crippen LogP contribution < -0.4 is 5.32 Å². The van der Waals surface area contributed by atoms with Crippen LogP contribution in [0.1, 0.15) is 5.56 Å². The minimum absolute atomic E-state index is 0.00986. The number of benzene rings is 2. The summed E-state index contributed by atoms with van der Waals surface area (Å²) in [7, 11) is 0. The van der Waals surface area contributed by atoms with Gasteiger partial charge in [0.25, 0.3) is 0 Å². The predicted octanol–water partition coefficient (Wildman–Crippen LogP) is 4.37. The molecule has 0 saturated heterocycles. The van der Waals surface area contributed by atoms with Crippen molar-refractivity contribution >= 4 is 17.3 Å². The first-order chi connectivity index (χ1) is 8.56. The number of nitrogens with one attached hydrogen (secondary N) is 1. The lowest BCUT2D eigenvalue weighted by molar-refractivity contribution is 0.599. The monoisotopic (exact) mass is 271 g/mol. The maximum Gasteiger partial charge on any atom is 0.146 e. The Bertz CT molecular complexity index is 572. The van der Waals surface area contributed by atoms with E-state index in [4.69, 9.17) is 11.6 Å². The van der Waals surface area contributed by atoms with Crippen molar-refractivity contribution < 1.29 is 13.2 Å². The van der Waals surface area contributed by atoms with Crippen LogP contribution in [0.2, 0.25) is 5.02 Å². The summed E-state index contributed by atoms with van der Waals surface area (Å²) in [6, 6.07) is 7.23. The lowest BCUT2D eigenvalue weighted by Crippen LogP contribution is -2.03.